The minimum atomic E-state index is -0.356. The number of hydrogen-bond donors (Lipinski definition) is 2. The number of carbonyl (C=O) groups is 2. The normalized spacial score (nSPS) is 20.3. The molecule has 0 radical (unpaired) electrons. The monoisotopic (exact) mass is 390 g/mol. The number of anilines is 2. The predicted molar refractivity (Wildman–Crippen MR) is 114 cm³/mol. The lowest BCUT2D eigenvalue weighted by Crippen LogP contribution is -2.41. The fourth-order valence-electron chi connectivity index (χ4n) is 4.35. The van der Waals surface area contributed by atoms with E-state index < -0.39 is 0 Å². The lowest BCUT2D eigenvalue weighted by molar-refractivity contribution is -0.120. The average molecular weight is 390 g/mol. The highest BCUT2D eigenvalue weighted by atomic mass is 16.2. The summed E-state index contributed by atoms with van der Waals surface area (Å²) in [4.78, 5) is 32.0. The van der Waals surface area contributed by atoms with Crippen molar-refractivity contribution in [3.05, 3.63) is 65.6 Å². The second kappa shape index (κ2) is 7.35. The number of aromatic nitrogens is 1. The van der Waals surface area contributed by atoms with Crippen molar-refractivity contribution in [1.29, 1.82) is 0 Å². The third kappa shape index (κ3) is 3.62. The Morgan fingerprint density at radius 3 is 2.66 bits per heavy atom. The van der Waals surface area contributed by atoms with Gasteiger partial charge in [0.1, 0.15) is 0 Å². The standard InChI is InChI=1S/C23H26N4O2/c1-23(2)12-17-21(19(28)13-23)22(15-8-10-25-11-9-15)27(14-20(29)24-3)18-7-5-4-6-16(18)26-17/h4-11,22,26H,12-14H2,1-3H3,(H,24,29). The largest absolute Gasteiger partial charge is 0.358 e. The molecule has 2 heterocycles. The van der Waals surface area contributed by atoms with Crippen molar-refractivity contribution in [1.82, 2.24) is 10.3 Å². The maximum Gasteiger partial charge on any atom is 0.239 e. The van der Waals surface area contributed by atoms with Gasteiger partial charge in [-0.05, 0) is 41.7 Å². The number of allylic oxidation sites excluding steroid dienone is 1. The van der Waals surface area contributed by atoms with Crippen LogP contribution in [-0.2, 0) is 9.59 Å². The number of para-hydroxylation sites is 2. The van der Waals surface area contributed by atoms with Crippen molar-refractivity contribution in [2.24, 2.45) is 5.41 Å². The third-order valence-corrected chi connectivity index (χ3v) is 5.62. The number of rotatable bonds is 3. The molecule has 1 aliphatic heterocycles. The van der Waals surface area contributed by atoms with Crippen LogP contribution in [0.25, 0.3) is 0 Å². The van der Waals surface area contributed by atoms with E-state index in [4.69, 9.17) is 0 Å². The second-order valence-corrected chi connectivity index (χ2v) is 8.46. The van der Waals surface area contributed by atoms with Gasteiger partial charge in [0.2, 0.25) is 5.91 Å². The number of ketones is 1. The Kier molecular flexibility index (Phi) is 4.86. The molecule has 0 saturated carbocycles. The molecule has 150 valence electrons. The second-order valence-electron chi connectivity index (χ2n) is 8.46. The first-order valence-corrected chi connectivity index (χ1v) is 9.89. The van der Waals surface area contributed by atoms with Crippen molar-refractivity contribution in [2.75, 3.05) is 23.8 Å². The Bertz CT molecular complexity index is 981. The van der Waals surface area contributed by atoms with Gasteiger partial charge in [-0.3, -0.25) is 14.6 Å². The number of amides is 1. The number of pyridine rings is 1. The van der Waals surface area contributed by atoms with Crippen LogP contribution in [0.4, 0.5) is 11.4 Å². The van der Waals surface area contributed by atoms with Crippen LogP contribution < -0.4 is 15.5 Å². The van der Waals surface area contributed by atoms with Crippen LogP contribution in [0.1, 0.15) is 38.3 Å². The van der Waals surface area contributed by atoms with Crippen molar-refractivity contribution < 1.29 is 9.59 Å². The predicted octanol–water partition coefficient (Wildman–Crippen LogP) is 3.44. The quantitative estimate of drug-likeness (QED) is 0.840. The summed E-state index contributed by atoms with van der Waals surface area (Å²) in [5, 5.41) is 6.26. The Morgan fingerprint density at radius 1 is 1.21 bits per heavy atom. The van der Waals surface area contributed by atoms with Crippen molar-refractivity contribution in [2.45, 2.75) is 32.7 Å². The molecule has 1 aliphatic carbocycles. The SMILES string of the molecule is CNC(=O)CN1c2ccccc2NC2=C(C(=O)CC(C)(C)C2)C1c1ccncc1. The van der Waals surface area contributed by atoms with E-state index in [-0.39, 0.29) is 29.7 Å². The number of likely N-dealkylation sites (N-methyl/N-ethyl adjacent to an activating group) is 1. The number of fused-ring (bicyclic) bond motifs is 1. The fraction of sp³-hybridized carbons (Fsp3) is 0.348. The molecule has 1 aromatic heterocycles. The number of carbonyl (C=O) groups excluding carboxylic acids is 2. The molecule has 2 aliphatic rings. The summed E-state index contributed by atoms with van der Waals surface area (Å²) >= 11 is 0. The number of nitrogens with one attached hydrogen (secondary N) is 2. The molecular formula is C23H26N4O2. The first-order valence-electron chi connectivity index (χ1n) is 9.89. The van der Waals surface area contributed by atoms with Crippen LogP contribution in [0.2, 0.25) is 0 Å². The summed E-state index contributed by atoms with van der Waals surface area (Å²) in [6.07, 6.45) is 4.72. The van der Waals surface area contributed by atoms with Crippen LogP contribution >= 0.6 is 0 Å². The molecule has 0 bridgehead atoms. The van der Waals surface area contributed by atoms with Gasteiger partial charge in [-0.1, -0.05) is 26.0 Å². The van der Waals surface area contributed by atoms with E-state index in [1.54, 1.807) is 19.4 Å². The van der Waals surface area contributed by atoms with Crippen LogP contribution in [0.15, 0.2) is 60.1 Å². The number of nitrogens with zero attached hydrogens (tertiary/aromatic N) is 2. The van der Waals surface area contributed by atoms with Crippen LogP contribution in [0.3, 0.4) is 0 Å². The molecule has 4 rings (SSSR count). The molecule has 1 aromatic carbocycles. The van der Waals surface area contributed by atoms with Crippen LogP contribution in [0, 0.1) is 5.41 Å². The summed E-state index contributed by atoms with van der Waals surface area (Å²) in [6, 6.07) is 11.4. The van der Waals surface area contributed by atoms with E-state index in [2.05, 4.69) is 29.5 Å². The summed E-state index contributed by atoms with van der Waals surface area (Å²) in [6.45, 7) is 4.39. The van der Waals surface area contributed by atoms with Crippen LogP contribution in [0.5, 0.6) is 0 Å². The molecule has 0 fully saturated rings. The van der Waals surface area contributed by atoms with Crippen molar-refractivity contribution in [3.63, 3.8) is 0 Å². The lowest BCUT2D eigenvalue weighted by atomic mass is 9.73. The molecule has 1 amide bonds. The van der Waals surface area contributed by atoms with Gasteiger partial charge in [-0.15, -0.1) is 0 Å². The highest BCUT2D eigenvalue weighted by molar-refractivity contribution is 6.01. The number of Topliss-reactive ketones (excluding diaryl/α,β-unsaturated/α-hetero) is 1. The third-order valence-electron chi connectivity index (χ3n) is 5.62. The van der Waals surface area contributed by atoms with Gasteiger partial charge in [-0.2, -0.15) is 0 Å². The smallest absolute Gasteiger partial charge is 0.239 e. The molecule has 2 aromatic rings. The van der Waals surface area contributed by atoms with E-state index in [9.17, 15) is 9.59 Å². The molecule has 1 atom stereocenters. The summed E-state index contributed by atoms with van der Waals surface area (Å²) in [7, 11) is 1.63. The van der Waals surface area contributed by atoms with E-state index in [0.717, 1.165) is 34.6 Å². The Labute approximate surface area is 171 Å². The minimum Gasteiger partial charge on any atom is -0.358 e. The molecular weight excluding hydrogens is 364 g/mol. The fourth-order valence-corrected chi connectivity index (χ4v) is 4.35. The summed E-state index contributed by atoms with van der Waals surface area (Å²) < 4.78 is 0. The number of benzene rings is 1. The topological polar surface area (TPSA) is 74.3 Å². The zero-order chi connectivity index (χ0) is 20.6. The Morgan fingerprint density at radius 2 is 1.93 bits per heavy atom. The van der Waals surface area contributed by atoms with Gasteiger partial charge in [0.05, 0.1) is 24.0 Å². The van der Waals surface area contributed by atoms with Gasteiger partial charge >= 0.3 is 0 Å². The van der Waals surface area contributed by atoms with Gasteiger partial charge in [0.25, 0.3) is 0 Å². The first kappa shape index (κ1) is 19.2. The van der Waals surface area contributed by atoms with E-state index in [1.807, 2.05) is 41.3 Å². The van der Waals surface area contributed by atoms with Gasteiger partial charge < -0.3 is 15.5 Å². The lowest BCUT2D eigenvalue weighted by Gasteiger charge is -2.37. The van der Waals surface area contributed by atoms with E-state index in [0.29, 0.717) is 6.42 Å². The summed E-state index contributed by atoms with van der Waals surface area (Å²) in [5.41, 5.74) is 4.33. The first-order chi connectivity index (χ1) is 13.9. The van der Waals surface area contributed by atoms with Crippen molar-refractivity contribution in [3.8, 4) is 0 Å². The maximum absolute atomic E-state index is 13.4. The Hall–Kier alpha value is -3.15. The molecule has 6 heteroatoms. The van der Waals surface area contributed by atoms with E-state index in [1.165, 1.54) is 0 Å². The molecule has 6 nitrogen and oxygen atoms in total. The maximum atomic E-state index is 13.4. The van der Waals surface area contributed by atoms with Gasteiger partial charge in [-0.25, -0.2) is 0 Å². The molecule has 2 N–H and O–H groups in total. The van der Waals surface area contributed by atoms with Gasteiger partial charge in [0.15, 0.2) is 5.78 Å². The highest BCUT2D eigenvalue weighted by Gasteiger charge is 2.41. The molecule has 0 saturated heterocycles. The summed E-state index contributed by atoms with van der Waals surface area (Å²) in [5.74, 6) is 0.0202. The van der Waals surface area contributed by atoms with Crippen molar-refractivity contribution >= 4 is 23.1 Å². The highest BCUT2D eigenvalue weighted by Crippen LogP contribution is 2.47. The average Bonchev–Trinajstić information content (AvgIpc) is 2.82. The van der Waals surface area contributed by atoms with E-state index >= 15 is 0 Å². The molecule has 0 spiro atoms. The zero-order valence-corrected chi connectivity index (χ0v) is 17.0. The molecule has 1 unspecified atom stereocenters. The number of hydrogen-bond acceptors (Lipinski definition) is 5. The van der Waals surface area contributed by atoms with Crippen LogP contribution in [-0.4, -0.2) is 30.3 Å². The minimum absolute atomic E-state index is 0.105. The zero-order valence-electron chi connectivity index (χ0n) is 17.0. The Balaban J connectivity index is 1.96. The molecule has 29 heavy (non-hydrogen) atoms. The van der Waals surface area contributed by atoms with Gasteiger partial charge in [0, 0.05) is 37.1 Å².